The predicted molar refractivity (Wildman–Crippen MR) is 185 cm³/mol. The van der Waals surface area contributed by atoms with Crippen LogP contribution in [0.2, 0.25) is 0 Å². The Bertz CT molecular complexity index is 1100. The highest BCUT2D eigenvalue weighted by Gasteiger charge is 2.35. The lowest BCUT2D eigenvalue weighted by Gasteiger charge is -2.25. The van der Waals surface area contributed by atoms with Gasteiger partial charge in [0, 0.05) is 12.7 Å². The molecule has 1 aromatic heterocycles. The lowest BCUT2D eigenvalue weighted by molar-refractivity contribution is -0.143. The highest BCUT2D eigenvalue weighted by atomic mass is 16.5. The van der Waals surface area contributed by atoms with Crippen molar-refractivity contribution in [2.45, 2.75) is 125 Å². The summed E-state index contributed by atoms with van der Waals surface area (Å²) in [6, 6.07) is 2.03. The lowest BCUT2D eigenvalue weighted by atomic mass is 9.99. The number of hydrogen-bond donors (Lipinski definition) is 4. The molecule has 1 aliphatic carbocycles. The molecule has 1 saturated carbocycles. The molecule has 2 fully saturated rings. The fourth-order valence-electron chi connectivity index (χ4n) is 4.92. The summed E-state index contributed by atoms with van der Waals surface area (Å²) in [5.74, 6) is -2.00. The van der Waals surface area contributed by atoms with Gasteiger partial charge in [0.1, 0.15) is 18.6 Å². The first-order chi connectivity index (χ1) is 22.8. The number of nitrogens with zero attached hydrogens (tertiary/aromatic N) is 3. The van der Waals surface area contributed by atoms with E-state index in [0.717, 1.165) is 11.3 Å². The maximum atomic E-state index is 12.3. The maximum Gasteiger partial charge on any atom is 0.407 e. The molecule has 3 aliphatic rings. The van der Waals surface area contributed by atoms with Crippen LogP contribution in [-0.4, -0.2) is 86.7 Å². The number of carboxylic acid groups (broad SMARTS) is 2. The third kappa shape index (κ3) is 17.1. The van der Waals surface area contributed by atoms with E-state index in [1.807, 2.05) is 46.8 Å². The fraction of sp³-hybridized carbons (Fsp3) is 0.657. The van der Waals surface area contributed by atoms with Crippen molar-refractivity contribution in [3.8, 4) is 0 Å². The van der Waals surface area contributed by atoms with Crippen LogP contribution in [0.4, 0.5) is 9.59 Å². The Kier molecular flexibility index (Phi) is 22.0. The van der Waals surface area contributed by atoms with E-state index in [0.29, 0.717) is 32.5 Å². The molecular weight excluding hydrogens is 618 g/mol. The van der Waals surface area contributed by atoms with E-state index in [1.54, 1.807) is 13.1 Å². The first kappa shape index (κ1) is 43.8. The molecule has 4 amide bonds. The van der Waals surface area contributed by atoms with Crippen LogP contribution in [0.3, 0.4) is 0 Å². The summed E-state index contributed by atoms with van der Waals surface area (Å²) in [7, 11) is 0. The summed E-state index contributed by atoms with van der Waals surface area (Å²) in [5, 5.41) is 22.6. The molecule has 0 bridgehead atoms. The predicted octanol–water partition coefficient (Wildman–Crippen LogP) is 5.97. The summed E-state index contributed by atoms with van der Waals surface area (Å²) in [6.45, 7) is 18.6. The average Bonchev–Trinajstić information content (AvgIpc) is 3.76. The highest BCUT2D eigenvalue weighted by molar-refractivity contribution is 5.92. The maximum absolute atomic E-state index is 12.3. The van der Waals surface area contributed by atoms with Crippen LogP contribution < -0.4 is 10.6 Å². The molecule has 0 radical (unpaired) electrons. The Balaban J connectivity index is 0.000000813. The molecule has 2 atom stereocenters. The number of aromatic nitrogens is 1. The third-order valence-electron chi connectivity index (χ3n) is 7.38. The van der Waals surface area contributed by atoms with Crippen molar-refractivity contribution >= 4 is 30.0 Å². The molecule has 13 nitrogen and oxygen atoms in total. The molecule has 0 spiro atoms. The Hall–Kier alpha value is -4.16. The van der Waals surface area contributed by atoms with E-state index in [4.69, 9.17) is 14.9 Å². The summed E-state index contributed by atoms with van der Waals surface area (Å²) in [5.41, 5.74) is 1.71. The van der Waals surface area contributed by atoms with E-state index in [2.05, 4.69) is 28.8 Å². The van der Waals surface area contributed by atoms with Crippen molar-refractivity contribution in [2.24, 2.45) is 5.41 Å². The van der Waals surface area contributed by atoms with Gasteiger partial charge in [0.2, 0.25) is 11.8 Å². The smallest absolute Gasteiger partial charge is 0.407 e. The SMILES string of the molecule is C1CCCCC1.C=C.CC.CCC(NC(=O)C1CCCN1C(=O)CNC(=O)OCC(C)(C)C)C(=O)O.O=C(O)N1Cc2cccnc2C1. The summed E-state index contributed by atoms with van der Waals surface area (Å²) in [4.78, 5) is 64.7. The number of pyridine rings is 1. The van der Waals surface area contributed by atoms with Crippen LogP contribution in [0.5, 0.6) is 0 Å². The zero-order chi connectivity index (χ0) is 36.7. The van der Waals surface area contributed by atoms with E-state index >= 15 is 0 Å². The number of carbonyl (C=O) groups excluding carboxylic acids is 3. The number of nitrogens with one attached hydrogen (secondary N) is 2. The number of rotatable bonds is 7. The third-order valence-corrected chi connectivity index (χ3v) is 7.38. The Morgan fingerprint density at radius 3 is 2.06 bits per heavy atom. The van der Waals surface area contributed by atoms with Crippen LogP contribution in [0.25, 0.3) is 0 Å². The minimum atomic E-state index is -1.11. The second kappa shape index (κ2) is 24.1. The topological polar surface area (TPSA) is 178 Å². The number of carboxylic acids is 1. The minimum absolute atomic E-state index is 0.181. The van der Waals surface area contributed by atoms with Crippen molar-refractivity contribution in [1.82, 2.24) is 25.4 Å². The minimum Gasteiger partial charge on any atom is -0.480 e. The molecule has 2 aliphatic heterocycles. The zero-order valence-electron chi connectivity index (χ0n) is 29.9. The van der Waals surface area contributed by atoms with Gasteiger partial charge in [0.05, 0.1) is 25.4 Å². The molecule has 1 saturated heterocycles. The molecule has 1 aromatic rings. The normalized spacial score (nSPS) is 16.7. The Morgan fingerprint density at radius 2 is 1.58 bits per heavy atom. The number of hydrogen-bond acceptors (Lipinski definition) is 7. The van der Waals surface area contributed by atoms with Gasteiger partial charge in [-0.25, -0.2) is 14.4 Å². The molecule has 13 heteroatoms. The van der Waals surface area contributed by atoms with Crippen molar-refractivity contribution in [2.75, 3.05) is 19.7 Å². The van der Waals surface area contributed by atoms with Gasteiger partial charge in [0.25, 0.3) is 0 Å². The van der Waals surface area contributed by atoms with Gasteiger partial charge < -0.3 is 30.5 Å². The van der Waals surface area contributed by atoms with Gasteiger partial charge in [0.15, 0.2) is 0 Å². The fourth-order valence-corrected chi connectivity index (χ4v) is 4.92. The summed E-state index contributed by atoms with van der Waals surface area (Å²) < 4.78 is 5.02. The first-order valence-corrected chi connectivity index (χ1v) is 17.0. The van der Waals surface area contributed by atoms with Crippen molar-refractivity contribution in [1.29, 1.82) is 0 Å². The second-order valence-corrected chi connectivity index (χ2v) is 12.4. The number of likely N-dealkylation sites (tertiary alicyclic amines) is 1. The lowest BCUT2D eigenvalue weighted by Crippen LogP contribution is -2.52. The molecule has 4 rings (SSSR count). The van der Waals surface area contributed by atoms with Gasteiger partial charge in [-0.3, -0.25) is 19.5 Å². The number of carbonyl (C=O) groups is 5. The molecular formula is C35H59N5O8. The summed E-state index contributed by atoms with van der Waals surface area (Å²) in [6.07, 6.45) is 10.5. The standard InChI is InChI=1S/C17H29N3O6.C8H8N2O2.C6H12.C2H6.C2H4/c1-5-11(15(23)24)19-14(22)12-7-6-8-20(12)13(21)9-18-16(25)26-10-17(2,3)4;11-8(12)10-4-6-2-1-3-9-7(6)5-10;1-2-4-6-5-3-1;2*1-2/h11-12H,5-10H2,1-4H3,(H,18,25)(H,19,22)(H,23,24);1-3H,4-5H2,(H,11,12);1-6H2;1-2H3;1-2H2. The molecule has 4 N–H and O–H groups in total. The molecule has 3 heterocycles. The van der Waals surface area contributed by atoms with Gasteiger partial charge in [-0.2, -0.15) is 0 Å². The molecule has 2 unspecified atom stereocenters. The van der Waals surface area contributed by atoms with Crippen LogP contribution in [0.15, 0.2) is 31.5 Å². The number of alkyl carbamates (subject to hydrolysis) is 1. The molecule has 48 heavy (non-hydrogen) atoms. The van der Waals surface area contributed by atoms with E-state index in [9.17, 15) is 24.0 Å². The van der Waals surface area contributed by atoms with E-state index in [1.165, 1.54) is 48.3 Å². The Morgan fingerprint density at radius 1 is 1.00 bits per heavy atom. The number of fused-ring (bicyclic) bond motifs is 1. The van der Waals surface area contributed by atoms with E-state index < -0.39 is 42.1 Å². The largest absolute Gasteiger partial charge is 0.480 e. The van der Waals surface area contributed by atoms with Gasteiger partial charge in [-0.15, -0.1) is 13.2 Å². The van der Waals surface area contributed by atoms with Crippen molar-refractivity contribution in [3.63, 3.8) is 0 Å². The second-order valence-electron chi connectivity index (χ2n) is 12.4. The van der Waals surface area contributed by atoms with Gasteiger partial charge >= 0.3 is 18.2 Å². The zero-order valence-corrected chi connectivity index (χ0v) is 29.9. The average molecular weight is 678 g/mol. The van der Waals surface area contributed by atoms with E-state index in [-0.39, 0.29) is 25.0 Å². The monoisotopic (exact) mass is 677 g/mol. The quantitative estimate of drug-likeness (QED) is 0.253. The van der Waals surface area contributed by atoms with Crippen LogP contribution in [0.1, 0.15) is 111 Å². The number of aliphatic carboxylic acids is 1. The summed E-state index contributed by atoms with van der Waals surface area (Å²) >= 11 is 0. The Labute approximate surface area is 286 Å². The van der Waals surface area contributed by atoms with Crippen LogP contribution >= 0.6 is 0 Å². The van der Waals surface area contributed by atoms with Crippen molar-refractivity contribution < 1.29 is 38.9 Å². The van der Waals surface area contributed by atoms with Crippen molar-refractivity contribution in [3.05, 3.63) is 42.7 Å². The van der Waals surface area contributed by atoms with Gasteiger partial charge in [-0.1, -0.05) is 86.1 Å². The first-order valence-electron chi connectivity index (χ1n) is 17.0. The van der Waals surface area contributed by atoms with Crippen LogP contribution in [-0.2, 0) is 32.2 Å². The molecule has 0 aromatic carbocycles. The van der Waals surface area contributed by atoms with Crippen LogP contribution in [0, 0.1) is 5.41 Å². The number of amides is 4. The molecule has 272 valence electrons. The highest BCUT2D eigenvalue weighted by Crippen LogP contribution is 2.20. The van der Waals surface area contributed by atoms with Gasteiger partial charge in [-0.05, 0) is 36.3 Å². The number of ether oxygens (including phenoxy) is 1.